The number of aliphatic hydroxyl groups excluding tert-OH is 1. The van der Waals surface area contributed by atoms with Crippen LogP contribution < -0.4 is 21.3 Å². The van der Waals surface area contributed by atoms with Gasteiger partial charge in [0, 0.05) is 30.5 Å². The van der Waals surface area contributed by atoms with Crippen LogP contribution in [0, 0.1) is 5.92 Å². The highest BCUT2D eigenvalue weighted by Gasteiger charge is 2.35. The fourth-order valence-electron chi connectivity index (χ4n) is 3.50. The Hall–Kier alpha value is -2.92. The van der Waals surface area contributed by atoms with E-state index in [4.69, 9.17) is 0 Å². The van der Waals surface area contributed by atoms with Crippen molar-refractivity contribution in [2.75, 3.05) is 29.0 Å². The van der Waals surface area contributed by atoms with Gasteiger partial charge in [0.05, 0.1) is 0 Å². The largest absolute Gasteiger partial charge is 0.421 e. The second kappa shape index (κ2) is 9.29. The summed E-state index contributed by atoms with van der Waals surface area (Å²) in [6.45, 7) is 0.732. The third-order valence-corrected chi connectivity index (χ3v) is 5.42. The predicted molar refractivity (Wildman–Crippen MR) is 114 cm³/mol. The van der Waals surface area contributed by atoms with Gasteiger partial charge in [0.2, 0.25) is 11.9 Å². The number of aryl methyl sites for hydroxylation is 1. The first-order valence-electron chi connectivity index (χ1n) is 10.6. The molecule has 0 bridgehead atoms. The average Bonchev–Trinajstić information content (AvgIpc) is 3.58. The maximum absolute atomic E-state index is 13.4. The number of aromatic nitrogens is 2. The van der Waals surface area contributed by atoms with Gasteiger partial charge in [-0.3, -0.25) is 10.1 Å². The Labute approximate surface area is 183 Å². The first-order valence-corrected chi connectivity index (χ1v) is 10.6. The number of benzene rings is 1. The van der Waals surface area contributed by atoms with E-state index in [9.17, 15) is 23.1 Å². The van der Waals surface area contributed by atoms with Crippen LogP contribution in [-0.4, -0.2) is 40.3 Å². The highest BCUT2D eigenvalue weighted by molar-refractivity contribution is 5.94. The number of alkyl halides is 3. The quantitative estimate of drug-likeness (QED) is 0.295. The number of amides is 1. The number of fused-ring (bicyclic) bond motifs is 1. The van der Waals surface area contributed by atoms with Crippen LogP contribution in [0.2, 0.25) is 0 Å². The number of hydrogen-bond donors (Lipinski definition) is 5. The molecule has 172 valence electrons. The minimum absolute atomic E-state index is 0.0302. The second-order valence-electron chi connectivity index (χ2n) is 8.02. The molecule has 32 heavy (non-hydrogen) atoms. The molecule has 1 aromatic heterocycles. The molecular formula is C21H25F3N6O2. The van der Waals surface area contributed by atoms with E-state index in [-0.39, 0.29) is 30.1 Å². The van der Waals surface area contributed by atoms with Crippen LogP contribution in [0.25, 0.3) is 0 Å². The van der Waals surface area contributed by atoms with E-state index in [0.29, 0.717) is 31.5 Å². The summed E-state index contributed by atoms with van der Waals surface area (Å²) in [6.07, 6.45) is -0.913. The Morgan fingerprint density at radius 3 is 2.78 bits per heavy atom. The molecule has 2 heterocycles. The van der Waals surface area contributed by atoms with Crippen molar-refractivity contribution in [3.8, 4) is 0 Å². The van der Waals surface area contributed by atoms with Crippen molar-refractivity contribution in [3.05, 3.63) is 35.5 Å². The summed E-state index contributed by atoms with van der Waals surface area (Å²) >= 11 is 0. The lowest BCUT2D eigenvalue weighted by atomic mass is 10.0. The summed E-state index contributed by atoms with van der Waals surface area (Å²) in [5, 5.41) is 21.2. The summed E-state index contributed by atoms with van der Waals surface area (Å²) < 4.78 is 40.2. The first-order chi connectivity index (χ1) is 15.3. The van der Waals surface area contributed by atoms with E-state index in [0.717, 1.165) is 30.3 Å². The Kier molecular flexibility index (Phi) is 6.47. The fourth-order valence-corrected chi connectivity index (χ4v) is 3.50. The molecule has 5 N–H and O–H groups in total. The number of nitrogens with zero attached hydrogens (tertiary/aromatic N) is 2. The average molecular weight is 450 g/mol. The summed E-state index contributed by atoms with van der Waals surface area (Å²) in [6, 6.07) is 5.26. The third kappa shape index (κ3) is 5.65. The molecule has 0 radical (unpaired) electrons. The zero-order valence-electron chi connectivity index (χ0n) is 17.3. The molecule has 0 saturated heterocycles. The Balaban J connectivity index is 1.41. The summed E-state index contributed by atoms with van der Waals surface area (Å²) in [7, 11) is 0. The van der Waals surface area contributed by atoms with Gasteiger partial charge in [-0.15, -0.1) is 0 Å². The third-order valence-electron chi connectivity index (χ3n) is 5.42. The van der Waals surface area contributed by atoms with Crippen molar-refractivity contribution >= 4 is 29.0 Å². The van der Waals surface area contributed by atoms with Gasteiger partial charge in [-0.25, -0.2) is 4.98 Å². The second-order valence-corrected chi connectivity index (χ2v) is 8.02. The molecule has 0 spiro atoms. The van der Waals surface area contributed by atoms with E-state index in [1.54, 1.807) is 12.1 Å². The standard InChI is InChI=1S/C21H25F3N6O2/c22-21(23,24)15-11-27-20(28-14-5-6-16-13(10-14)4-7-17(31)29-16)30-18(15)25-8-1-9-26-19(32)12-2-3-12/h5-6,10-12,19,26,32H,1-4,7-9H2,(H,29,31)(H2,25,27,28,30). The van der Waals surface area contributed by atoms with Crippen molar-refractivity contribution in [3.63, 3.8) is 0 Å². The SMILES string of the molecule is O=C1CCc2cc(Nc3ncc(C(F)(F)F)c(NCCCNC(O)C4CC4)n3)ccc2N1. The first kappa shape index (κ1) is 22.3. The molecule has 11 heteroatoms. The minimum Gasteiger partial charge on any atom is -0.378 e. The predicted octanol–water partition coefficient (Wildman–Crippen LogP) is 3.24. The molecule has 1 aliphatic heterocycles. The number of rotatable bonds is 9. The molecule has 1 unspecified atom stereocenters. The van der Waals surface area contributed by atoms with E-state index in [1.165, 1.54) is 0 Å². The number of anilines is 4. The normalized spacial score (nSPS) is 16.8. The van der Waals surface area contributed by atoms with Crippen LogP contribution in [0.4, 0.5) is 36.3 Å². The van der Waals surface area contributed by atoms with E-state index < -0.39 is 18.0 Å². The van der Waals surface area contributed by atoms with Crippen LogP contribution in [0.15, 0.2) is 24.4 Å². The summed E-state index contributed by atoms with van der Waals surface area (Å²) in [4.78, 5) is 19.3. The maximum atomic E-state index is 13.4. The highest BCUT2D eigenvalue weighted by atomic mass is 19.4. The molecule has 1 saturated carbocycles. The van der Waals surface area contributed by atoms with Gasteiger partial charge < -0.3 is 21.1 Å². The molecule has 1 aromatic carbocycles. The van der Waals surface area contributed by atoms with Crippen LogP contribution >= 0.6 is 0 Å². The Morgan fingerprint density at radius 1 is 1.22 bits per heavy atom. The van der Waals surface area contributed by atoms with Gasteiger partial charge in [0.15, 0.2) is 0 Å². The zero-order chi connectivity index (χ0) is 22.7. The van der Waals surface area contributed by atoms with Gasteiger partial charge in [0.1, 0.15) is 17.6 Å². The lowest BCUT2D eigenvalue weighted by molar-refractivity contribution is -0.137. The van der Waals surface area contributed by atoms with Gasteiger partial charge >= 0.3 is 6.18 Å². The lowest BCUT2D eigenvalue weighted by Crippen LogP contribution is -2.32. The fraction of sp³-hybridized carbons (Fsp3) is 0.476. The van der Waals surface area contributed by atoms with Crippen molar-refractivity contribution in [2.45, 2.75) is 44.5 Å². The van der Waals surface area contributed by atoms with Crippen LogP contribution in [0.1, 0.15) is 36.8 Å². The van der Waals surface area contributed by atoms with Gasteiger partial charge in [-0.2, -0.15) is 18.2 Å². The number of aliphatic hydroxyl groups is 1. The molecule has 1 aliphatic carbocycles. The molecule has 2 aliphatic rings. The smallest absolute Gasteiger partial charge is 0.378 e. The monoisotopic (exact) mass is 450 g/mol. The van der Waals surface area contributed by atoms with E-state index >= 15 is 0 Å². The molecular weight excluding hydrogens is 425 g/mol. The molecule has 1 amide bonds. The van der Waals surface area contributed by atoms with Crippen molar-refractivity contribution in [1.29, 1.82) is 0 Å². The maximum Gasteiger partial charge on any atom is 0.421 e. The van der Waals surface area contributed by atoms with Crippen LogP contribution in [0.5, 0.6) is 0 Å². The van der Waals surface area contributed by atoms with Crippen molar-refractivity contribution < 1.29 is 23.1 Å². The number of carbonyl (C=O) groups is 1. The lowest BCUT2D eigenvalue weighted by Gasteiger charge is -2.18. The molecule has 2 aromatic rings. The summed E-state index contributed by atoms with van der Waals surface area (Å²) in [5.41, 5.74) is 1.33. The Bertz CT molecular complexity index is 980. The van der Waals surface area contributed by atoms with Crippen molar-refractivity contribution in [1.82, 2.24) is 15.3 Å². The van der Waals surface area contributed by atoms with Crippen LogP contribution in [-0.2, 0) is 17.4 Å². The summed E-state index contributed by atoms with van der Waals surface area (Å²) in [5.74, 6) is -0.0297. The Morgan fingerprint density at radius 2 is 2.03 bits per heavy atom. The van der Waals surface area contributed by atoms with Gasteiger partial charge in [-0.1, -0.05) is 0 Å². The molecule has 1 atom stereocenters. The zero-order valence-corrected chi connectivity index (χ0v) is 17.3. The van der Waals surface area contributed by atoms with E-state index in [1.807, 2.05) is 6.07 Å². The number of halogens is 3. The number of nitrogens with one attached hydrogen (secondary N) is 4. The minimum atomic E-state index is -4.59. The van der Waals surface area contributed by atoms with Gasteiger partial charge in [-0.05, 0) is 61.9 Å². The van der Waals surface area contributed by atoms with Gasteiger partial charge in [0.25, 0.3) is 0 Å². The van der Waals surface area contributed by atoms with E-state index in [2.05, 4.69) is 31.2 Å². The number of hydrogen-bond acceptors (Lipinski definition) is 7. The van der Waals surface area contributed by atoms with Crippen LogP contribution in [0.3, 0.4) is 0 Å². The molecule has 8 nitrogen and oxygen atoms in total. The number of carbonyl (C=O) groups excluding carboxylic acids is 1. The molecule has 1 fully saturated rings. The molecule has 4 rings (SSSR count). The highest BCUT2D eigenvalue weighted by Crippen LogP contribution is 2.34. The van der Waals surface area contributed by atoms with Crippen molar-refractivity contribution in [2.24, 2.45) is 5.92 Å². The topological polar surface area (TPSA) is 111 Å².